The molecule has 19 heavy (non-hydrogen) atoms. The molecule has 0 aromatic rings. The maximum absolute atomic E-state index is 3.66. The van der Waals surface area contributed by atoms with Gasteiger partial charge in [-0.2, -0.15) is 0 Å². The molecule has 3 unspecified atom stereocenters. The number of rotatable bonds is 7. The minimum atomic E-state index is 0.420. The SMILES string of the molecule is CCC(C)(CNCC(C)C)CN1CCC(C)CC1C. The van der Waals surface area contributed by atoms with Gasteiger partial charge in [-0.3, -0.25) is 0 Å². The summed E-state index contributed by atoms with van der Waals surface area (Å²) in [7, 11) is 0. The lowest BCUT2D eigenvalue weighted by atomic mass is 9.84. The standard InChI is InChI=1S/C17H36N2/c1-7-17(6,12-18-11-14(2)3)13-19-9-8-15(4)10-16(19)5/h14-16,18H,7-13H2,1-6H3. The zero-order valence-electron chi connectivity index (χ0n) is 14.1. The highest BCUT2D eigenvalue weighted by molar-refractivity contribution is 4.85. The summed E-state index contributed by atoms with van der Waals surface area (Å²) in [5.41, 5.74) is 0.420. The van der Waals surface area contributed by atoms with Crippen LogP contribution in [0.2, 0.25) is 0 Å². The summed E-state index contributed by atoms with van der Waals surface area (Å²) in [5.74, 6) is 1.66. The highest BCUT2D eigenvalue weighted by Gasteiger charge is 2.30. The van der Waals surface area contributed by atoms with Gasteiger partial charge < -0.3 is 10.2 Å². The van der Waals surface area contributed by atoms with Gasteiger partial charge in [0.05, 0.1) is 0 Å². The highest BCUT2D eigenvalue weighted by Crippen LogP contribution is 2.28. The molecule has 1 heterocycles. The molecular weight excluding hydrogens is 232 g/mol. The minimum Gasteiger partial charge on any atom is -0.316 e. The summed E-state index contributed by atoms with van der Waals surface area (Å²) in [6, 6.07) is 0.764. The van der Waals surface area contributed by atoms with Gasteiger partial charge in [0.15, 0.2) is 0 Å². The van der Waals surface area contributed by atoms with E-state index in [1.165, 1.54) is 32.4 Å². The quantitative estimate of drug-likeness (QED) is 0.756. The Balaban J connectivity index is 2.45. The average molecular weight is 268 g/mol. The predicted molar refractivity (Wildman–Crippen MR) is 85.5 cm³/mol. The van der Waals surface area contributed by atoms with E-state index in [0.29, 0.717) is 5.41 Å². The van der Waals surface area contributed by atoms with E-state index in [2.05, 4.69) is 51.8 Å². The van der Waals surface area contributed by atoms with E-state index < -0.39 is 0 Å². The number of hydrogen-bond acceptors (Lipinski definition) is 2. The third kappa shape index (κ3) is 5.83. The summed E-state index contributed by atoms with van der Waals surface area (Å²) in [5, 5.41) is 3.66. The van der Waals surface area contributed by atoms with E-state index in [-0.39, 0.29) is 0 Å². The summed E-state index contributed by atoms with van der Waals surface area (Å²) < 4.78 is 0. The van der Waals surface area contributed by atoms with Crippen molar-refractivity contribution in [2.75, 3.05) is 26.2 Å². The zero-order chi connectivity index (χ0) is 14.5. The van der Waals surface area contributed by atoms with Crippen LogP contribution >= 0.6 is 0 Å². The Bertz CT molecular complexity index is 252. The lowest BCUT2D eigenvalue weighted by Crippen LogP contribution is -2.48. The highest BCUT2D eigenvalue weighted by atomic mass is 15.2. The van der Waals surface area contributed by atoms with Crippen molar-refractivity contribution in [3.8, 4) is 0 Å². The van der Waals surface area contributed by atoms with Crippen LogP contribution in [0.15, 0.2) is 0 Å². The fraction of sp³-hybridized carbons (Fsp3) is 1.00. The summed E-state index contributed by atoms with van der Waals surface area (Å²) in [6.07, 6.45) is 4.01. The van der Waals surface area contributed by atoms with Crippen LogP contribution in [0.25, 0.3) is 0 Å². The summed E-state index contributed by atoms with van der Waals surface area (Å²) in [6.45, 7) is 19.0. The Morgan fingerprint density at radius 2 is 2.00 bits per heavy atom. The Labute approximate surface area is 121 Å². The molecule has 0 bridgehead atoms. The number of nitrogens with one attached hydrogen (secondary N) is 1. The van der Waals surface area contributed by atoms with Gasteiger partial charge in [0.2, 0.25) is 0 Å². The lowest BCUT2D eigenvalue weighted by Gasteiger charge is -2.42. The van der Waals surface area contributed by atoms with Crippen LogP contribution in [0.4, 0.5) is 0 Å². The monoisotopic (exact) mass is 268 g/mol. The van der Waals surface area contributed by atoms with Crippen molar-refractivity contribution in [2.24, 2.45) is 17.3 Å². The molecule has 1 aliphatic heterocycles. The van der Waals surface area contributed by atoms with Crippen LogP contribution in [-0.4, -0.2) is 37.1 Å². The fourth-order valence-corrected chi connectivity index (χ4v) is 3.14. The van der Waals surface area contributed by atoms with Crippen molar-refractivity contribution in [1.29, 1.82) is 0 Å². The molecule has 0 spiro atoms. The molecule has 1 N–H and O–H groups in total. The Morgan fingerprint density at radius 3 is 2.53 bits per heavy atom. The molecule has 1 saturated heterocycles. The van der Waals surface area contributed by atoms with Crippen molar-refractivity contribution in [3.63, 3.8) is 0 Å². The van der Waals surface area contributed by atoms with E-state index in [9.17, 15) is 0 Å². The van der Waals surface area contributed by atoms with Crippen LogP contribution < -0.4 is 5.32 Å². The lowest BCUT2D eigenvalue weighted by molar-refractivity contribution is 0.0746. The van der Waals surface area contributed by atoms with Gasteiger partial charge in [0.25, 0.3) is 0 Å². The third-order valence-corrected chi connectivity index (χ3v) is 4.82. The normalized spacial score (nSPS) is 28.6. The molecule has 0 aromatic heterocycles. The molecule has 0 amide bonds. The molecule has 1 rings (SSSR count). The smallest absolute Gasteiger partial charge is 0.00697 e. The Hall–Kier alpha value is -0.0800. The second-order valence-electron chi connectivity index (χ2n) is 7.64. The predicted octanol–water partition coefficient (Wildman–Crippen LogP) is 3.77. The first-order valence-corrected chi connectivity index (χ1v) is 8.31. The first-order chi connectivity index (χ1) is 8.86. The van der Waals surface area contributed by atoms with E-state index in [1.807, 2.05) is 0 Å². The van der Waals surface area contributed by atoms with Gasteiger partial charge >= 0.3 is 0 Å². The Kier molecular flexibility index (Phi) is 6.82. The van der Waals surface area contributed by atoms with Crippen molar-refractivity contribution in [3.05, 3.63) is 0 Å². The molecule has 2 heteroatoms. The second kappa shape index (κ2) is 7.64. The second-order valence-corrected chi connectivity index (χ2v) is 7.64. The zero-order valence-corrected chi connectivity index (χ0v) is 14.1. The van der Waals surface area contributed by atoms with Gasteiger partial charge in [0, 0.05) is 19.1 Å². The maximum atomic E-state index is 3.66. The van der Waals surface area contributed by atoms with Crippen LogP contribution in [0.1, 0.15) is 60.8 Å². The molecule has 0 aliphatic carbocycles. The first kappa shape index (κ1) is 17.0. The van der Waals surface area contributed by atoms with Gasteiger partial charge in [-0.1, -0.05) is 34.6 Å². The largest absolute Gasteiger partial charge is 0.316 e. The molecule has 0 saturated carbocycles. The van der Waals surface area contributed by atoms with E-state index in [4.69, 9.17) is 0 Å². The number of piperidine rings is 1. The van der Waals surface area contributed by atoms with Crippen molar-refractivity contribution in [1.82, 2.24) is 10.2 Å². The van der Waals surface area contributed by atoms with Crippen LogP contribution in [0.3, 0.4) is 0 Å². The molecule has 3 atom stereocenters. The van der Waals surface area contributed by atoms with Crippen LogP contribution in [-0.2, 0) is 0 Å². The van der Waals surface area contributed by atoms with E-state index in [1.54, 1.807) is 0 Å². The molecular formula is C17H36N2. The molecule has 0 aromatic carbocycles. The minimum absolute atomic E-state index is 0.420. The number of likely N-dealkylation sites (tertiary alicyclic amines) is 1. The molecule has 0 radical (unpaired) electrons. The van der Waals surface area contributed by atoms with Gasteiger partial charge in [-0.05, 0) is 56.5 Å². The summed E-state index contributed by atoms with van der Waals surface area (Å²) >= 11 is 0. The average Bonchev–Trinajstić information content (AvgIpc) is 2.32. The maximum Gasteiger partial charge on any atom is 0.00697 e. The van der Waals surface area contributed by atoms with E-state index in [0.717, 1.165) is 31.0 Å². The molecule has 2 nitrogen and oxygen atoms in total. The molecule has 114 valence electrons. The van der Waals surface area contributed by atoms with Gasteiger partial charge in [-0.15, -0.1) is 0 Å². The van der Waals surface area contributed by atoms with Crippen LogP contribution in [0, 0.1) is 17.3 Å². The first-order valence-electron chi connectivity index (χ1n) is 8.31. The van der Waals surface area contributed by atoms with Crippen LogP contribution in [0.5, 0.6) is 0 Å². The van der Waals surface area contributed by atoms with Gasteiger partial charge in [-0.25, -0.2) is 0 Å². The third-order valence-electron chi connectivity index (χ3n) is 4.82. The van der Waals surface area contributed by atoms with Crippen molar-refractivity contribution in [2.45, 2.75) is 66.8 Å². The van der Waals surface area contributed by atoms with Crippen molar-refractivity contribution < 1.29 is 0 Å². The summed E-state index contributed by atoms with van der Waals surface area (Å²) in [4.78, 5) is 2.72. The molecule has 1 fully saturated rings. The number of hydrogen-bond donors (Lipinski definition) is 1. The topological polar surface area (TPSA) is 15.3 Å². The molecule has 1 aliphatic rings. The fourth-order valence-electron chi connectivity index (χ4n) is 3.14. The van der Waals surface area contributed by atoms with Gasteiger partial charge in [0.1, 0.15) is 0 Å². The number of nitrogens with zero attached hydrogens (tertiary/aromatic N) is 1. The van der Waals surface area contributed by atoms with E-state index >= 15 is 0 Å². The van der Waals surface area contributed by atoms with Crippen molar-refractivity contribution >= 4 is 0 Å². The Morgan fingerprint density at radius 1 is 1.32 bits per heavy atom.